The molecule has 5 heteroatoms. The van der Waals surface area contributed by atoms with Crippen LogP contribution in [-0.2, 0) is 6.42 Å². The van der Waals surface area contributed by atoms with Crippen molar-refractivity contribution in [3.8, 4) is 17.2 Å². The third-order valence-electron chi connectivity index (χ3n) is 3.77. The number of methoxy groups -OCH3 is 1. The van der Waals surface area contributed by atoms with Gasteiger partial charge in [-0.2, -0.15) is 0 Å². The Kier molecular flexibility index (Phi) is 2.80. The molecule has 1 unspecified atom stereocenters. The molecule has 2 heterocycles. The van der Waals surface area contributed by atoms with Crippen LogP contribution in [0, 0.1) is 0 Å². The van der Waals surface area contributed by atoms with Crippen LogP contribution in [0.2, 0.25) is 0 Å². The molecule has 2 N–H and O–H groups in total. The summed E-state index contributed by atoms with van der Waals surface area (Å²) in [6, 6.07) is 2.24. The number of likely N-dealkylation sites (N-methyl/N-ethyl adjacent to an activating group) is 1. The molecule has 98 valence electrons. The fourth-order valence-electron chi connectivity index (χ4n) is 2.82. The molecule has 0 fully saturated rings. The first-order valence-electron chi connectivity index (χ1n) is 6.16. The Morgan fingerprint density at radius 1 is 1.50 bits per heavy atom. The standard InChI is InChI=1S/C13H18N2O3/c1-15-4-3-8-5-10-12(18-7-17-10)13(16-2)11(8)9(15)6-14/h5,9H,3-4,6-7,14H2,1-2H3. The van der Waals surface area contributed by atoms with Gasteiger partial charge in [-0.1, -0.05) is 0 Å². The summed E-state index contributed by atoms with van der Waals surface area (Å²) in [6.45, 7) is 1.83. The van der Waals surface area contributed by atoms with E-state index in [1.807, 2.05) is 0 Å². The second-order valence-corrected chi connectivity index (χ2v) is 4.70. The van der Waals surface area contributed by atoms with Gasteiger partial charge in [-0.3, -0.25) is 4.90 Å². The number of ether oxygens (including phenoxy) is 3. The van der Waals surface area contributed by atoms with Gasteiger partial charge in [-0.05, 0) is 25.1 Å². The lowest BCUT2D eigenvalue weighted by molar-refractivity contribution is 0.170. The highest BCUT2D eigenvalue weighted by Crippen LogP contribution is 2.48. The summed E-state index contributed by atoms with van der Waals surface area (Å²) in [5.74, 6) is 2.28. The van der Waals surface area contributed by atoms with Crippen LogP contribution < -0.4 is 19.9 Å². The van der Waals surface area contributed by atoms with Crippen LogP contribution in [0.3, 0.4) is 0 Å². The summed E-state index contributed by atoms with van der Waals surface area (Å²) in [5.41, 5.74) is 8.31. The average molecular weight is 250 g/mol. The van der Waals surface area contributed by atoms with Crippen LogP contribution in [0.5, 0.6) is 17.2 Å². The zero-order valence-corrected chi connectivity index (χ0v) is 10.7. The Bertz CT molecular complexity index is 476. The summed E-state index contributed by atoms with van der Waals surface area (Å²) < 4.78 is 16.5. The van der Waals surface area contributed by atoms with Crippen molar-refractivity contribution in [1.82, 2.24) is 4.90 Å². The van der Waals surface area contributed by atoms with Crippen LogP contribution in [-0.4, -0.2) is 38.9 Å². The third-order valence-corrected chi connectivity index (χ3v) is 3.77. The van der Waals surface area contributed by atoms with Crippen molar-refractivity contribution >= 4 is 0 Å². The monoisotopic (exact) mass is 250 g/mol. The van der Waals surface area contributed by atoms with Crippen molar-refractivity contribution < 1.29 is 14.2 Å². The molecule has 2 aliphatic heterocycles. The smallest absolute Gasteiger partial charge is 0.231 e. The topological polar surface area (TPSA) is 57.0 Å². The van der Waals surface area contributed by atoms with Crippen molar-refractivity contribution in [2.75, 3.05) is 34.0 Å². The summed E-state index contributed by atoms with van der Waals surface area (Å²) >= 11 is 0. The van der Waals surface area contributed by atoms with E-state index in [1.165, 1.54) is 5.56 Å². The number of hydrogen-bond donors (Lipinski definition) is 1. The average Bonchev–Trinajstić information content (AvgIpc) is 2.84. The van der Waals surface area contributed by atoms with Crippen molar-refractivity contribution in [2.45, 2.75) is 12.5 Å². The normalized spacial score (nSPS) is 21.8. The number of nitrogens with two attached hydrogens (primary N) is 1. The number of nitrogens with zero attached hydrogens (tertiary/aromatic N) is 1. The van der Waals surface area contributed by atoms with Crippen molar-refractivity contribution in [2.24, 2.45) is 5.73 Å². The maximum absolute atomic E-state index is 5.91. The molecule has 1 aromatic rings. The third kappa shape index (κ3) is 1.54. The molecule has 3 rings (SSSR count). The molecular weight excluding hydrogens is 232 g/mol. The van der Waals surface area contributed by atoms with Gasteiger partial charge in [0.05, 0.1) is 13.2 Å². The van der Waals surface area contributed by atoms with Gasteiger partial charge in [-0.25, -0.2) is 0 Å². The summed E-state index contributed by atoms with van der Waals surface area (Å²) in [5, 5.41) is 0. The molecule has 0 radical (unpaired) electrons. The van der Waals surface area contributed by atoms with Crippen molar-refractivity contribution in [3.05, 3.63) is 17.2 Å². The molecule has 1 atom stereocenters. The maximum atomic E-state index is 5.91. The largest absolute Gasteiger partial charge is 0.492 e. The number of hydrogen-bond acceptors (Lipinski definition) is 5. The summed E-state index contributed by atoms with van der Waals surface area (Å²) in [7, 11) is 3.75. The van der Waals surface area contributed by atoms with E-state index in [4.69, 9.17) is 19.9 Å². The fourth-order valence-corrected chi connectivity index (χ4v) is 2.82. The maximum Gasteiger partial charge on any atom is 0.231 e. The predicted octanol–water partition coefficient (Wildman–Crippen LogP) is 0.912. The lowest BCUT2D eigenvalue weighted by Crippen LogP contribution is -2.36. The van der Waals surface area contributed by atoms with Crippen LogP contribution in [0.25, 0.3) is 0 Å². The molecule has 1 aromatic carbocycles. The molecule has 2 aliphatic rings. The van der Waals surface area contributed by atoms with Crippen LogP contribution in [0.15, 0.2) is 6.07 Å². The fraction of sp³-hybridized carbons (Fsp3) is 0.538. The van der Waals surface area contributed by atoms with E-state index in [-0.39, 0.29) is 12.8 Å². The van der Waals surface area contributed by atoms with Gasteiger partial charge in [-0.15, -0.1) is 0 Å². The lowest BCUT2D eigenvalue weighted by atomic mass is 9.91. The molecule has 0 bridgehead atoms. The first-order valence-corrected chi connectivity index (χ1v) is 6.16. The quantitative estimate of drug-likeness (QED) is 0.845. The van der Waals surface area contributed by atoms with E-state index in [2.05, 4.69) is 18.0 Å². The Morgan fingerprint density at radius 3 is 3.06 bits per heavy atom. The number of fused-ring (bicyclic) bond motifs is 2. The van der Waals surface area contributed by atoms with E-state index in [0.29, 0.717) is 12.3 Å². The van der Waals surface area contributed by atoms with Gasteiger partial charge in [0.2, 0.25) is 12.5 Å². The first kappa shape index (κ1) is 11.6. The van der Waals surface area contributed by atoms with E-state index >= 15 is 0 Å². The summed E-state index contributed by atoms with van der Waals surface area (Å²) in [4.78, 5) is 2.26. The van der Waals surface area contributed by atoms with Gasteiger partial charge < -0.3 is 19.9 Å². The van der Waals surface area contributed by atoms with Crippen LogP contribution >= 0.6 is 0 Å². The van der Waals surface area contributed by atoms with Crippen molar-refractivity contribution in [3.63, 3.8) is 0 Å². The molecule has 0 saturated heterocycles. The predicted molar refractivity (Wildman–Crippen MR) is 67.2 cm³/mol. The Hall–Kier alpha value is -1.46. The molecular formula is C13H18N2O3. The molecule has 5 nitrogen and oxygen atoms in total. The minimum absolute atomic E-state index is 0.179. The zero-order chi connectivity index (χ0) is 12.7. The SMILES string of the molecule is COc1c2c(cc3c1C(CN)N(C)CC3)OCO2. The molecule has 0 saturated carbocycles. The molecule has 18 heavy (non-hydrogen) atoms. The van der Waals surface area contributed by atoms with E-state index in [9.17, 15) is 0 Å². The van der Waals surface area contributed by atoms with Gasteiger partial charge in [0.25, 0.3) is 0 Å². The minimum Gasteiger partial charge on any atom is -0.492 e. The van der Waals surface area contributed by atoms with E-state index in [0.717, 1.165) is 30.0 Å². The second-order valence-electron chi connectivity index (χ2n) is 4.70. The van der Waals surface area contributed by atoms with E-state index < -0.39 is 0 Å². The summed E-state index contributed by atoms with van der Waals surface area (Å²) in [6.07, 6.45) is 0.981. The zero-order valence-electron chi connectivity index (χ0n) is 10.7. The number of rotatable bonds is 2. The minimum atomic E-state index is 0.179. The highest BCUT2D eigenvalue weighted by molar-refractivity contribution is 5.61. The molecule has 0 aromatic heterocycles. The highest BCUT2D eigenvalue weighted by Gasteiger charge is 2.32. The van der Waals surface area contributed by atoms with Gasteiger partial charge >= 0.3 is 0 Å². The molecule has 0 aliphatic carbocycles. The van der Waals surface area contributed by atoms with Gasteiger partial charge in [0.15, 0.2) is 11.5 Å². The van der Waals surface area contributed by atoms with Crippen LogP contribution in [0.4, 0.5) is 0 Å². The Balaban J connectivity index is 2.19. The van der Waals surface area contributed by atoms with Crippen LogP contribution in [0.1, 0.15) is 17.2 Å². The number of benzene rings is 1. The molecule has 0 amide bonds. The van der Waals surface area contributed by atoms with E-state index in [1.54, 1.807) is 7.11 Å². The highest BCUT2D eigenvalue weighted by atomic mass is 16.7. The Morgan fingerprint density at radius 2 is 2.33 bits per heavy atom. The lowest BCUT2D eigenvalue weighted by Gasteiger charge is -2.35. The molecule has 0 spiro atoms. The second kappa shape index (κ2) is 4.33. The Labute approximate surface area is 106 Å². The van der Waals surface area contributed by atoms with Gasteiger partial charge in [0, 0.05) is 18.7 Å². The first-order chi connectivity index (χ1) is 8.76. The van der Waals surface area contributed by atoms with Crippen molar-refractivity contribution in [1.29, 1.82) is 0 Å². The van der Waals surface area contributed by atoms with Gasteiger partial charge in [0.1, 0.15) is 0 Å².